The van der Waals surface area contributed by atoms with Gasteiger partial charge >= 0.3 is 0 Å². The Bertz CT molecular complexity index is 492. The molecule has 4 nitrogen and oxygen atoms in total. The summed E-state index contributed by atoms with van der Waals surface area (Å²) in [6.07, 6.45) is 5.65. The van der Waals surface area contributed by atoms with Crippen molar-refractivity contribution in [2.75, 3.05) is 14.2 Å². The third-order valence-corrected chi connectivity index (χ3v) is 3.04. The van der Waals surface area contributed by atoms with E-state index in [-0.39, 0.29) is 5.92 Å². The van der Waals surface area contributed by atoms with E-state index in [2.05, 4.69) is 0 Å². The molecule has 1 aromatic carbocycles. The van der Waals surface area contributed by atoms with Crippen LogP contribution in [0.3, 0.4) is 0 Å². The normalized spacial score (nSPS) is 21.3. The van der Waals surface area contributed by atoms with Gasteiger partial charge in [-0.3, -0.25) is 0 Å². The smallest absolute Gasteiger partial charge is 0.142 e. The summed E-state index contributed by atoms with van der Waals surface area (Å²) in [5.74, 6) is 1.48. The molecule has 0 aromatic heterocycles. The van der Waals surface area contributed by atoms with Gasteiger partial charge in [-0.15, -0.1) is 0 Å². The summed E-state index contributed by atoms with van der Waals surface area (Å²) in [6.45, 7) is 0. The number of benzene rings is 1. The van der Waals surface area contributed by atoms with Crippen molar-refractivity contribution in [2.24, 2.45) is 11.5 Å². The van der Waals surface area contributed by atoms with Crippen LogP contribution in [0.4, 0.5) is 0 Å². The number of hydrogen-bond donors (Lipinski definition) is 2. The summed E-state index contributed by atoms with van der Waals surface area (Å²) in [5, 5.41) is 0. The van der Waals surface area contributed by atoms with Crippen molar-refractivity contribution in [3.8, 4) is 5.75 Å². The minimum absolute atomic E-state index is 0.0928. The average Bonchev–Trinajstić information content (AvgIpc) is 2.38. The number of hydrogen-bond acceptors (Lipinski definition) is 4. The Morgan fingerprint density at radius 1 is 1.17 bits per heavy atom. The molecular weight excluding hydrogens is 228 g/mol. The molecule has 1 atom stereocenters. The van der Waals surface area contributed by atoms with E-state index in [1.165, 1.54) is 0 Å². The first-order valence-electron chi connectivity index (χ1n) is 5.74. The van der Waals surface area contributed by atoms with Crippen molar-refractivity contribution in [2.45, 2.75) is 11.6 Å². The summed E-state index contributed by atoms with van der Waals surface area (Å²) in [5.41, 5.74) is 11.9. The van der Waals surface area contributed by atoms with Crippen molar-refractivity contribution in [3.63, 3.8) is 0 Å². The van der Waals surface area contributed by atoms with Gasteiger partial charge in [-0.2, -0.15) is 0 Å². The summed E-state index contributed by atoms with van der Waals surface area (Å²) >= 11 is 0. The molecule has 0 spiro atoms. The molecule has 0 saturated heterocycles. The zero-order chi connectivity index (χ0) is 13.2. The SMILES string of the molecule is COC1=CC(c2cccc(OC)c2)C=CC1(N)N. The van der Waals surface area contributed by atoms with Gasteiger partial charge in [-0.1, -0.05) is 18.2 Å². The Morgan fingerprint density at radius 3 is 2.61 bits per heavy atom. The first kappa shape index (κ1) is 12.7. The molecule has 0 aliphatic heterocycles. The fraction of sp³-hybridized carbons (Fsp3) is 0.286. The Labute approximate surface area is 107 Å². The Kier molecular flexibility index (Phi) is 3.41. The molecule has 18 heavy (non-hydrogen) atoms. The van der Waals surface area contributed by atoms with Crippen molar-refractivity contribution in [1.29, 1.82) is 0 Å². The monoisotopic (exact) mass is 246 g/mol. The van der Waals surface area contributed by atoms with E-state index in [1.807, 2.05) is 36.4 Å². The molecule has 0 radical (unpaired) electrons. The lowest BCUT2D eigenvalue weighted by Crippen LogP contribution is -2.50. The maximum atomic E-state index is 5.90. The first-order valence-corrected chi connectivity index (χ1v) is 5.74. The summed E-state index contributed by atoms with van der Waals surface area (Å²) in [7, 11) is 3.22. The van der Waals surface area contributed by atoms with Gasteiger partial charge in [-0.05, 0) is 29.8 Å². The van der Waals surface area contributed by atoms with Crippen LogP contribution in [0.15, 0.2) is 48.3 Å². The van der Waals surface area contributed by atoms with Gasteiger partial charge in [0, 0.05) is 5.92 Å². The number of nitrogens with two attached hydrogens (primary N) is 2. The zero-order valence-corrected chi connectivity index (χ0v) is 10.6. The molecule has 4 heteroatoms. The van der Waals surface area contributed by atoms with Crippen LogP contribution in [0.2, 0.25) is 0 Å². The molecule has 96 valence electrons. The highest BCUT2D eigenvalue weighted by atomic mass is 16.5. The Morgan fingerprint density at radius 2 is 1.94 bits per heavy atom. The highest BCUT2D eigenvalue weighted by Crippen LogP contribution is 2.30. The Balaban J connectivity index is 2.32. The van der Waals surface area contributed by atoms with Crippen molar-refractivity contribution < 1.29 is 9.47 Å². The summed E-state index contributed by atoms with van der Waals surface area (Å²) < 4.78 is 10.5. The van der Waals surface area contributed by atoms with Gasteiger partial charge in [0.1, 0.15) is 17.2 Å². The maximum absolute atomic E-state index is 5.90. The molecule has 2 rings (SSSR count). The molecule has 4 N–H and O–H groups in total. The standard InChI is InChI=1S/C14H18N2O2/c1-17-12-5-3-4-10(8-12)11-6-7-14(15,16)13(9-11)18-2/h3-9,11H,15-16H2,1-2H3. The number of allylic oxidation sites excluding steroid dienone is 2. The quantitative estimate of drug-likeness (QED) is 0.626. The van der Waals surface area contributed by atoms with Crippen LogP contribution in [0.5, 0.6) is 5.75 Å². The molecule has 0 heterocycles. The fourth-order valence-corrected chi connectivity index (χ4v) is 2.01. The minimum Gasteiger partial charge on any atom is -0.498 e. The lowest BCUT2D eigenvalue weighted by molar-refractivity contribution is 0.238. The summed E-state index contributed by atoms with van der Waals surface area (Å²) in [6, 6.07) is 7.88. The second-order valence-corrected chi connectivity index (χ2v) is 4.33. The van der Waals surface area contributed by atoms with E-state index < -0.39 is 5.66 Å². The Hall–Kier alpha value is -1.78. The van der Waals surface area contributed by atoms with E-state index in [0.29, 0.717) is 5.76 Å². The van der Waals surface area contributed by atoms with E-state index in [1.54, 1.807) is 20.3 Å². The van der Waals surface area contributed by atoms with E-state index in [9.17, 15) is 0 Å². The lowest BCUT2D eigenvalue weighted by Gasteiger charge is -2.28. The predicted octanol–water partition coefficient (Wildman–Crippen LogP) is 1.49. The number of rotatable bonds is 3. The van der Waals surface area contributed by atoms with Crippen molar-refractivity contribution in [3.05, 3.63) is 53.8 Å². The third kappa shape index (κ3) is 2.39. The van der Waals surface area contributed by atoms with E-state index in [0.717, 1.165) is 11.3 Å². The van der Waals surface area contributed by atoms with Crippen LogP contribution < -0.4 is 16.2 Å². The van der Waals surface area contributed by atoms with Gasteiger partial charge in [0.25, 0.3) is 0 Å². The van der Waals surface area contributed by atoms with Gasteiger partial charge in [0.2, 0.25) is 0 Å². The summed E-state index contributed by atoms with van der Waals surface area (Å²) in [4.78, 5) is 0. The maximum Gasteiger partial charge on any atom is 0.142 e. The predicted molar refractivity (Wildman–Crippen MR) is 71.1 cm³/mol. The number of ether oxygens (including phenoxy) is 2. The molecule has 0 amide bonds. The molecule has 1 aromatic rings. The minimum atomic E-state index is -1.02. The average molecular weight is 246 g/mol. The van der Waals surface area contributed by atoms with Crippen molar-refractivity contribution >= 4 is 0 Å². The van der Waals surface area contributed by atoms with Crippen molar-refractivity contribution in [1.82, 2.24) is 0 Å². The van der Waals surface area contributed by atoms with E-state index >= 15 is 0 Å². The van der Waals surface area contributed by atoms with Crippen LogP contribution >= 0.6 is 0 Å². The zero-order valence-electron chi connectivity index (χ0n) is 10.6. The number of methoxy groups -OCH3 is 2. The molecular formula is C14H18N2O2. The van der Waals surface area contributed by atoms with Gasteiger partial charge in [-0.25, -0.2) is 0 Å². The molecule has 1 unspecified atom stereocenters. The first-order chi connectivity index (χ1) is 8.56. The highest BCUT2D eigenvalue weighted by molar-refractivity contribution is 5.40. The second-order valence-electron chi connectivity index (χ2n) is 4.33. The highest BCUT2D eigenvalue weighted by Gasteiger charge is 2.27. The molecule has 0 fully saturated rings. The van der Waals surface area contributed by atoms with Crippen LogP contribution in [0.25, 0.3) is 0 Å². The second kappa shape index (κ2) is 4.84. The van der Waals surface area contributed by atoms with E-state index in [4.69, 9.17) is 20.9 Å². The van der Waals surface area contributed by atoms with Gasteiger partial charge in [0.05, 0.1) is 14.2 Å². The largest absolute Gasteiger partial charge is 0.498 e. The van der Waals surface area contributed by atoms with Crippen LogP contribution in [-0.4, -0.2) is 19.9 Å². The molecule has 1 aliphatic rings. The third-order valence-electron chi connectivity index (χ3n) is 3.04. The topological polar surface area (TPSA) is 70.5 Å². The fourth-order valence-electron chi connectivity index (χ4n) is 2.01. The van der Waals surface area contributed by atoms with Gasteiger partial charge < -0.3 is 20.9 Å². The van der Waals surface area contributed by atoms with Crippen LogP contribution in [0, 0.1) is 0 Å². The lowest BCUT2D eigenvalue weighted by atomic mass is 9.90. The van der Waals surface area contributed by atoms with Gasteiger partial charge in [0.15, 0.2) is 0 Å². The van der Waals surface area contributed by atoms with Crippen LogP contribution in [0.1, 0.15) is 11.5 Å². The molecule has 1 aliphatic carbocycles. The molecule has 0 saturated carbocycles. The van der Waals surface area contributed by atoms with Crippen LogP contribution in [-0.2, 0) is 4.74 Å². The molecule has 0 bridgehead atoms.